The Morgan fingerprint density at radius 1 is 1.33 bits per heavy atom. The number of nitrogens with zero attached hydrogens (tertiary/aromatic N) is 2. The van der Waals surface area contributed by atoms with Crippen molar-refractivity contribution in [2.24, 2.45) is 0 Å². The molecule has 2 nitrogen and oxygen atoms in total. The highest BCUT2D eigenvalue weighted by atomic mass is 15.0. The average Bonchev–Trinajstić information content (AvgIpc) is 2.50. The second-order valence-corrected chi connectivity index (χ2v) is 2.78. The van der Waals surface area contributed by atoms with E-state index in [0.717, 1.165) is 18.5 Å². The van der Waals surface area contributed by atoms with Gasteiger partial charge in [0.05, 0.1) is 17.4 Å². The van der Waals surface area contributed by atoms with E-state index in [1.807, 2.05) is 24.5 Å². The van der Waals surface area contributed by atoms with Crippen LogP contribution < -0.4 is 0 Å². The molecule has 0 saturated heterocycles. The summed E-state index contributed by atoms with van der Waals surface area (Å²) in [6.07, 6.45) is 2.77. The van der Waals surface area contributed by atoms with E-state index >= 15 is 0 Å². The van der Waals surface area contributed by atoms with Crippen molar-refractivity contribution < 1.29 is 0 Å². The van der Waals surface area contributed by atoms with Crippen LogP contribution in [-0.2, 0) is 6.54 Å². The van der Waals surface area contributed by atoms with E-state index in [4.69, 9.17) is 0 Å². The number of para-hydroxylation sites is 2. The lowest BCUT2D eigenvalue weighted by molar-refractivity contribution is 0.729. The summed E-state index contributed by atoms with van der Waals surface area (Å²) in [5, 5.41) is 0. The van der Waals surface area contributed by atoms with Crippen molar-refractivity contribution in [1.82, 2.24) is 9.55 Å². The van der Waals surface area contributed by atoms with Gasteiger partial charge >= 0.3 is 0 Å². The third-order valence-corrected chi connectivity index (χ3v) is 1.93. The van der Waals surface area contributed by atoms with E-state index in [1.165, 1.54) is 5.52 Å². The normalized spacial score (nSPS) is 10.8. The van der Waals surface area contributed by atoms with Crippen molar-refractivity contribution >= 4 is 11.0 Å². The molecule has 0 unspecified atom stereocenters. The van der Waals surface area contributed by atoms with E-state index < -0.39 is 0 Å². The molecule has 1 radical (unpaired) electrons. The van der Waals surface area contributed by atoms with Crippen molar-refractivity contribution in [2.75, 3.05) is 0 Å². The summed E-state index contributed by atoms with van der Waals surface area (Å²) in [6, 6.07) is 8.14. The maximum Gasteiger partial charge on any atom is 0.0958 e. The average molecular weight is 159 g/mol. The maximum absolute atomic E-state index is 4.27. The summed E-state index contributed by atoms with van der Waals surface area (Å²) in [6.45, 7) is 4.76. The minimum atomic E-state index is 0.903. The molecule has 0 fully saturated rings. The number of benzene rings is 1. The van der Waals surface area contributed by atoms with Crippen LogP contribution in [0.25, 0.3) is 11.0 Å². The number of aryl methyl sites for hydroxylation is 1. The molecule has 1 aromatic carbocycles. The van der Waals surface area contributed by atoms with Crippen LogP contribution in [0.15, 0.2) is 30.6 Å². The van der Waals surface area contributed by atoms with E-state index in [0.29, 0.717) is 0 Å². The Kier molecular flexibility index (Phi) is 1.82. The van der Waals surface area contributed by atoms with Crippen LogP contribution in [-0.4, -0.2) is 9.55 Å². The molecule has 1 heterocycles. The van der Waals surface area contributed by atoms with Gasteiger partial charge < -0.3 is 4.57 Å². The minimum absolute atomic E-state index is 0.903. The summed E-state index contributed by atoms with van der Waals surface area (Å²) in [5.41, 5.74) is 2.26. The third kappa shape index (κ3) is 1.09. The van der Waals surface area contributed by atoms with E-state index in [-0.39, 0.29) is 0 Å². The van der Waals surface area contributed by atoms with Crippen LogP contribution in [0.1, 0.15) is 6.42 Å². The fourth-order valence-electron chi connectivity index (χ4n) is 1.36. The molecule has 1 aromatic heterocycles. The number of aromatic nitrogens is 2. The second kappa shape index (κ2) is 2.97. The number of hydrogen-bond acceptors (Lipinski definition) is 1. The van der Waals surface area contributed by atoms with Crippen molar-refractivity contribution in [2.45, 2.75) is 13.0 Å². The number of hydrogen-bond donors (Lipinski definition) is 0. The van der Waals surface area contributed by atoms with Gasteiger partial charge in [-0.25, -0.2) is 4.98 Å². The van der Waals surface area contributed by atoms with Gasteiger partial charge in [0.15, 0.2) is 0 Å². The molecular formula is C10H11N2. The molecule has 0 atom stereocenters. The first kappa shape index (κ1) is 7.35. The van der Waals surface area contributed by atoms with E-state index in [9.17, 15) is 0 Å². The summed E-state index contributed by atoms with van der Waals surface area (Å²) < 4.78 is 2.13. The molecule has 12 heavy (non-hydrogen) atoms. The molecule has 0 saturated carbocycles. The second-order valence-electron chi connectivity index (χ2n) is 2.78. The quantitative estimate of drug-likeness (QED) is 0.657. The van der Waals surface area contributed by atoms with Gasteiger partial charge in [-0.1, -0.05) is 19.1 Å². The predicted octanol–water partition coefficient (Wildman–Crippen LogP) is 2.26. The van der Waals surface area contributed by atoms with E-state index in [1.54, 1.807) is 0 Å². The molecule has 0 aliphatic rings. The molecule has 2 rings (SSSR count). The Balaban J connectivity index is 2.55. The summed E-state index contributed by atoms with van der Waals surface area (Å²) in [7, 11) is 0. The molecule has 0 aliphatic heterocycles. The SMILES string of the molecule is [CH2]CCn1cnc2ccccc21. The maximum atomic E-state index is 4.27. The number of imidazole rings is 1. The Bertz CT molecular complexity index is 376. The van der Waals surface area contributed by atoms with Crippen molar-refractivity contribution in [3.8, 4) is 0 Å². The highest BCUT2D eigenvalue weighted by Crippen LogP contribution is 2.11. The van der Waals surface area contributed by atoms with Crippen LogP contribution >= 0.6 is 0 Å². The van der Waals surface area contributed by atoms with Gasteiger partial charge in [-0.2, -0.15) is 0 Å². The van der Waals surface area contributed by atoms with Crippen LogP contribution in [0, 0.1) is 6.92 Å². The molecule has 2 heteroatoms. The van der Waals surface area contributed by atoms with Gasteiger partial charge in [-0.3, -0.25) is 0 Å². The van der Waals surface area contributed by atoms with Crippen LogP contribution in [0.3, 0.4) is 0 Å². The first-order valence-electron chi connectivity index (χ1n) is 4.11. The highest BCUT2D eigenvalue weighted by molar-refractivity contribution is 5.74. The molecular weight excluding hydrogens is 148 g/mol. The standard InChI is InChI=1S/C10H11N2/c1-2-7-12-8-11-9-5-3-4-6-10(9)12/h3-6,8H,1-2,7H2. The van der Waals surface area contributed by atoms with Gasteiger partial charge in [0, 0.05) is 6.54 Å². The summed E-state index contributed by atoms with van der Waals surface area (Å²) in [5.74, 6) is 0. The summed E-state index contributed by atoms with van der Waals surface area (Å²) >= 11 is 0. The largest absolute Gasteiger partial charge is 0.331 e. The van der Waals surface area contributed by atoms with Gasteiger partial charge in [0.1, 0.15) is 0 Å². The van der Waals surface area contributed by atoms with Crippen LogP contribution in [0.4, 0.5) is 0 Å². The molecule has 0 N–H and O–H groups in total. The lowest BCUT2D eigenvalue weighted by Crippen LogP contribution is -1.93. The monoisotopic (exact) mass is 159 g/mol. The van der Waals surface area contributed by atoms with Crippen molar-refractivity contribution in [3.63, 3.8) is 0 Å². The van der Waals surface area contributed by atoms with Gasteiger partial charge in [-0.05, 0) is 18.6 Å². The Morgan fingerprint density at radius 2 is 2.17 bits per heavy atom. The summed E-state index contributed by atoms with van der Waals surface area (Å²) in [4.78, 5) is 4.27. The fraction of sp³-hybridized carbons (Fsp3) is 0.200. The van der Waals surface area contributed by atoms with Gasteiger partial charge in [0.25, 0.3) is 0 Å². The van der Waals surface area contributed by atoms with Crippen molar-refractivity contribution in [3.05, 3.63) is 37.5 Å². The molecule has 2 aromatic rings. The fourth-order valence-corrected chi connectivity index (χ4v) is 1.36. The van der Waals surface area contributed by atoms with Gasteiger partial charge in [-0.15, -0.1) is 0 Å². The zero-order chi connectivity index (χ0) is 8.39. The zero-order valence-electron chi connectivity index (χ0n) is 6.90. The highest BCUT2D eigenvalue weighted by Gasteiger charge is 1.98. The molecule has 0 aliphatic carbocycles. The lowest BCUT2D eigenvalue weighted by Gasteiger charge is -1.99. The topological polar surface area (TPSA) is 17.8 Å². The van der Waals surface area contributed by atoms with E-state index in [2.05, 4.69) is 22.5 Å². The smallest absolute Gasteiger partial charge is 0.0958 e. The van der Waals surface area contributed by atoms with Crippen molar-refractivity contribution in [1.29, 1.82) is 0 Å². The zero-order valence-corrected chi connectivity index (χ0v) is 6.90. The Hall–Kier alpha value is -1.31. The van der Waals surface area contributed by atoms with Crippen LogP contribution in [0.5, 0.6) is 0 Å². The Morgan fingerprint density at radius 3 is 3.00 bits per heavy atom. The first-order valence-corrected chi connectivity index (χ1v) is 4.11. The molecule has 0 bridgehead atoms. The lowest BCUT2D eigenvalue weighted by atomic mass is 10.3. The van der Waals surface area contributed by atoms with Crippen LogP contribution in [0.2, 0.25) is 0 Å². The predicted molar refractivity (Wildman–Crippen MR) is 49.7 cm³/mol. The minimum Gasteiger partial charge on any atom is -0.331 e. The molecule has 0 spiro atoms. The first-order chi connectivity index (χ1) is 5.92. The third-order valence-electron chi connectivity index (χ3n) is 1.93. The molecule has 0 amide bonds. The number of fused-ring (bicyclic) bond motifs is 1. The Labute approximate surface area is 71.8 Å². The molecule has 61 valence electrons. The number of rotatable bonds is 2. The van der Waals surface area contributed by atoms with Gasteiger partial charge in [0.2, 0.25) is 0 Å².